The van der Waals surface area contributed by atoms with E-state index in [1.165, 1.54) is 6.07 Å². The second-order valence-corrected chi connectivity index (χ2v) is 6.42. The minimum absolute atomic E-state index is 0.0314. The van der Waals surface area contributed by atoms with E-state index >= 15 is 0 Å². The lowest BCUT2D eigenvalue weighted by Gasteiger charge is -2.33. The van der Waals surface area contributed by atoms with Crippen LogP contribution in [-0.4, -0.2) is 17.9 Å². The third-order valence-electron chi connectivity index (χ3n) is 4.87. The fourth-order valence-electron chi connectivity index (χ4n) is 3.72. The van der Waals surface area contributed by atoms with Gasteiger partial charge in [0, 0.05) is 19.2 Å². The molecule has 0 unspecified atom stereocenters. The van der Waals surface area contributed by atoms with Crippen molar-refractivity contribution < 1.29 is 9.18 Å². The first-order chi connectivity index (χ1) is 11.1. The van der Waals surface area contributed by atoms with E-state index in [1.807, 2.05) is 43.4 Å². The minimum Gasteiger partial charge on any atom is -0.341 e. The summed E-state index contributed by atoms with van der Waals surface area (Å²) in [6, 6.07) is 16.6. The maximum atomic E-state index is 14.4. The molecule has 1 amide bonds. The number of halogens is 1. The highest BCUT2D eigenvalue weighted by Crippen LogP contribution is 2.43. The van der Waals surface area contributed by atoms with Gasteiger partial charge in [-0.2, -0.15) is 0 Å². The maximum absolute atomic E-state index is 14.4. The molecule has 0 aromatic heterocycles. The SMILES string of the molecule is CN(Cc1ccccc1)C(=O)C1(c2ccccc2F)CCCC1. The normalized spacial score (nSPS) is 16.3. The van der Waals surface area contributed by atoms with Crippen LogP contribution < -0.4 is 0 Å². The van der Waals surface area contributed by atoms with Crippen LogP contribution in [0.25, 0.3) is 0 Å². The fraction of sp³-hybridized carbons (Fsp3) is 0.350. The van der Waals surface area contributed by atoms with Crippen LogP contribution in [0.5, 0.6) is 0 Å². The van der Waals surface area contributed by atoms with Crippen LogP contribution >= 0.6 is 0 Å². The summed E-state index contributed by atoms with van der Waals surface area (Å²) >= 11 is 0. The summed E-state index contributed by atoms with van der Waals surface area (Å²) in [7, 11) is 1.82. The molecule has 1 aliphatic carbocycles. The lowest BCUT2D eigenvalue weighted by Crippen LogP contribution is -2.43. The van der Waals surface area contributed by atoms with E-state index in [2.05, 4.69) is 0 Å². The van der Waals surface area contributed by atoms with Gasteiger partial charge in [0.05, 0.1) is 5.41 Å². The Morgan fingerprint density at radius 1 is 1.04 bits per heavy atom. The lowest BCUT2D eigenvalue weighted by molar-refractivity contribution is -0.136. The molecule has 0 atom stereocenters. The van der Waals surface area contributed by atoms with Gasteiger partial charge in [-0.05, 0) is 24.5 Å². The number of rotatable bonds is 4. The molecular formula is C20H22FNO. The summed E-state index contributed by atoms with van der Waals surface area (Å²) in [5.41, 5.74) is 0.946. The predicted molar refractivity (Wildman–Crippen MR) is 89.5 cm³/mol. The molecule has 0 aliphatic heterocycles. The minimum atomic E-state index is -0.700. The van der Waals surface area contributed by atoms with Gasteiger partial charge in [0.15, 0.2) is 0 Å². The van der Waals surface area contributed by atoms with E-state index in [4.69, 9.17) is 0 Å². The standard InChI is InChI=1S/C20H22FNO/c1-22(15-16-9-3-2-4-10-16)19(23)20(13-7-8-14-20)17-11-5-6-12-18(17)21/h2-6,9-12H,7-8,13-15H2,1H3. The first-order valence-electron chi connectivity index (χ1n) is 8.18. The number of carbonyl (C=O) groups is 1. The van der Waals surface area contributed by atoms with E-state index in [0.29, 0.717) is 12.1 Å². The second-order valence-electron chi connectivity index (χ2n) is 6.42. The van der Waals surface area contributed by atoms with Crippen LogP contribution in [0.2, 0.25) is 0 Å². The quantitative estimate of drug-likeness (QED) is 0.824. The number of nitrogens with zero attached hydrogens (tertiary/aromatic N) is 1. The largest absolute Gasteiger partial charge is 0.341 e. The highest BCUT2D eigenvalue weighted by molar-refractivity contribution is 5.88. The Hall–Kier alpha value is -2.16. The Labute approximate surface area is 136 Å². The van der Waals surface area contributed by atoms with Gasteiger partial charge < -0.3 is 4.90 Å². The van der Waals surface area contributed by atoms with Crippen molar-refractivity contribution >= 4 is 5.91 Å². The van der Waals surface area contributed by atoms with Gasteiger partial charge >= 0.3 is 0 Å². The van der Waals surface area contributed by atoms with Crippen molar-refractivity contribution in [2.45, 2.75) is 37.6 Å². The first-order valence-corrected chi connectivity index (χ1v) is 8.18. The zero-order valence-corrected chi connectivity index (χ0v) is 13.5. The van der Waals surface area contributed by atoms with Crippen molar-refractivity contribution in [2.24, 2.45) is 0 Å². The molecule has 0 bridgehead atoms. The van der Waals surface area contributed by atoms with Gasteiger partial charge in [-0.1, -0.05) is 61.4 Å². The molecule has 1 fully saturated rings. The van der Waals surface area contributed by atoms with Crippen LogP contribution in [0, 0.1) is 5.82 Å². The Morgan fingerprint density at radius 2 is 1.65 bits per heavy atom. The van der Waals surface area contributed by atoms with Crippen molar-refractivity contribution in [3.05, 3.63) is 71.5 Å². The molecule has 0 saturated heterocycles. The first kappa shape index (κ1) is 15.7. The fourth-order valence-corrected chi connectivity index (χ4v) is 3.72. The third kappa shape index (κ3) is 3.00. The Morgan fingerprint density at radius 3 is 2.30 bits per heavy atom. The van der Waals surface area contributed by atoms with Gasteiger partial charge in [0.2, 0.25) is 5.91 Å². The number of hydrogen-bond acceptors (Lipinski definition) is 1. The number of amides is 1. The zero-order valence-electron chi connectivity index (χ0n) is 13.5. The number of hydrogen-bond donors (Lipinski definition) is 0. The summed E-state index contributed by atoms with van der Waals surface area (Å²) in [5, 5.41) is 0. The van der Waals surface area contributed by atoms with Crippen LogP contribution in [0.1, 0.15) is 36.8 Å². The monoisotopic (exact) mass is 311 g/mol. The second kappa shape index (κ2) is 6.53. The molecule has 0 spiro atoms. The molecule has 1 saturated carbocycles. The number of carbonyl (C=O) groups excluding carboxylic acids is 1. The molecule has 1 aliphatic rings. The average Bonchev–Trinajstić information content (AvgIpc) is 3.06. The molecule has 2 aromatic rings. The molecule has 2 nitrogen and oxygen atoms in total. The smallest absolute Gasteiger partial charge is 0.233 e. The lowest BCUT2D eigenvalue weighted by atomic mass is 9.77. The molecule has 23 heavy (non-hydrogen) atoms. The number of benzene rings is 2. The van der Waals surface area contributed by atoms with E-state index in [-0.39, 0.29) is 11.7 Å². The van der Waals surface area contributed by atoms with E-state index in [9.17, 15) is 9.18 Å². The molecule has 2 aromatic carbocycles. The molecule has 120 valence electrons. The van der Waals surface area contributed by atoms with Crippen LogP contribution in [0.4, 0.5) is 4.39 Å². The Bertz CT molecular complexity index is 677. The van der Waals surface area contributed by atoms with Crippen LogP contribution in [0.15, 0.2) is 54.6 Å². The molecule has 0 N–H and O–H groups in total. The van der Waals surface area contributed by atoms with Gasteiger partial charge in [-0.25, -0.2) is 4.39 Å². The summed E-state index contributed by atoms with van der Waals surface area (Å²) in [6.07, 6.45) is 3.40. The topological polar surface area (TPSA) is 20.3 Å². The van der Waals surface area contributed by atoms with E-state index < -0.39 is 5.41 Å². The molecule has 3 rings (SSSR count). The van der Waals surface area contributed by atoms with Gasteiger partial charge in [-0.15, -0.1) is 0 Å². The van der Waals surface area contributed by atoms with Crippen molar-refractivity contribution in [3.63, 3.8) is 0 Å². The predicted octanol–water partition coefficient (Wildman–Crippen LogP) is 4.30. The summed E-state index contributed by atoms with van der Waals surface area (Å²) in [4.78, 5) is 14.9. The molecule has 3 heteroatoms. The van der Waals surface area contributed by atoms with Gasteiger partial charge in [0.25, 0.3) is 0 Å². The number of likely N-dealkylation sites (N-methyl/N-ethyl adjacent to an activating group) is 1. The highest BCUT2D eigenvalue weighted by Gasteiger charge is 2.45. The third-order valence-corrected chi connectivity index (χ3v) is 4.87. The summed E-state index contributed by atoms with van der Waals surface area (Å²) in [5.74, 6) is -0.236. The molecular weight excluding hydrogens is 289 g/mol. The van der Waals surface area contributed by atoms with Crippen LogP contribution in [-0.2, 0) is 16.8 Å². The summed E-state index contributed by atoms with van der Waals surface area (Å²) < 4.78 is 14.4. The van der Waals surface area contributed by atoms with Crippen molar-refractivity contribution in [3.8, 4) is 0 Å². The highest BCUT2D eigenvalue weighted by atomic mass is 19.1. The van der Waals surface area contributed by atoms with E-state index in [1.54, 1.807) is 17.0 Å². The average molecular weight is 311 g/mol. The van der Waals surface area contributed by atoms with Crippen LogP contribution in [0.3, 0.4) is 0 Å². The van der Waals surface area contributed by atoms with Crippen molar-refractivity contribution in [2.75, 3.05) is 7.05 Å². The van der Waals surface area contributed by atoms with Crippen molar-refractivity contribution in [1.29, 1.82) is 0 Å². The Kier molecular flexibility index (Phi) is 4.46. The Balaban J connectivity index is 1.89. The zero-order chi connectivity index (χ0) is 16.3. The van der Waals surface area contributed by atoms with E-state index in [0.717, 1.165) is 31.2 Å². The van der Waals surface area contributed by atoms with Gasteiger partial charge in [-0.3, -0.25) is 4.79 Å². The molecule has 0 heterocycles. The van der Waals surface area contributed by atoms with Gasteiger partial charge in [0.1, 0.15) is 5.82 Å². The molecule has 0 radical (unpaired) electrons. The van der Waals surface area contributed by atoms with Crippen molar-refractivity contribution in [1.82, 2.24) is 4.90 Å². The maximum Gasteiger partial charge on any atom is 0.233 e. The summed E-state index contributed by atoms with van der Waals surface area (Å²) in [6.45, 7) is 0.551.